The molecule has 0 saturated carbocycles. The van der Waals surface area contributed by atoms with Crippen LogP contribution in [0.5, 0.6) is 5.75 Å². The Bertz CT molecular complexity index is 736. The zero-order chi connectivity index (χ0) is 19.0. The monoisotopic (exact) mass is 392 g/mol. The van der Waals surface area contributed by atoms with Gasteiger partial charge in [0, 0.05) is 10.7 Å². The van der Waals surface area contributed by atoms with Gasteiger partial charge in [-0.2, -0.15) is 0 Å². The van der Waals surface area contributed by atoms with E-state index in [-0.39, 0.29) is 17.7 Å². The van der Waals surface area contributed by atoms with E-state index in [9.17, 15) is 4.79 Å². The smallest absolute Gasteiger partial charge is 0.263 e. The van der Waals surface area contributed by atoms with Crippen molar-refractivity contribution in [2.24, 2.45) is 0 Å². The molecule has 2 rings (SSSR count). The summed E-state index contributed by atoms with van der Waals surface area (Å²) in [6.45, 7) is 3.95. The molecule has 0 radical (unpaired) electrons. The van der Waals surface area contributed by atoms with Crippen LogP contribution < -0.4 is 15.4 Å². The van der Waals surface area contributed by atoms with Gasteiger partial charge in [0.15, 0.2) is 5.60 Å². The van der Waals surface area contributed by atoms with Gasteiger partial charge < -0.3 is 20.1 Å². The number of hydrogen-bond donors (Lipinski definition) is 2. The van der Waals surface area contributed by atoms with Crippen molar-refractivity contribution in [2.75, 3.05) is 18.5 Å². The highest BCUT2D eigenvalue weighted by molar-refractivity contribution is 7.80. The van der Waals surface area contributed by atoms with E-state index in [2.05, 4.69) is 10.6 Å². The zero-order valence-corrected chi connectivity index (χ0v) is 16.2. The minimum atomic E-state index is -1.03. The van der Waals surface area contributed by atoms with Crippen molar-refractivity contribution in [3.8, 4) is 5.75 Å². The number of halogens is 1. The van der Waals surface area contributed by atoms with Crippen LogP contribution in [-0.2, 0) is 9.53 Å². The van der Waals surface area contributed by atoms with Gasteiger partial charge >= 0.3 is 0 Å². The molecule has 7 heteroatoms. The summed E-state index contributed by atoms with van der Waals surface area (Å²) in [5, 5.41) is 6.59. The molecule has 1 amide bonds. The van der Waals surface area contributed by atoms with Crippen LogP contribution in [0.25, 0.3) is 0 Å². The fourth-order valence-corrected chi connectivity index (χ4v) is 2.37. The lowest BCUT2D eigenvalue weighted by molar-refractivity contribution is -0.134. The number of benzene rings is 2. The van der Waals surface area contributed by atoms with E-state index in [0.29, 0.717) is 17.3 Å². The van der Waals surface area contributed by atoms with Gasteiger partial charge in [0.25, 0.3) is 11.1 Å². The molecule has 0 aliphatic heterocycles. The van der Waals surface area contributed by atoms with Crippen LogP contribution >= 0.6 is 23.8 Å². The van der Waals surface area contributed by atoms with E-state index in [0.717, 1.165) is 5.69 Å². The third-order valence-electron chi connectivity index (χ3n) is 3.37. The molecule has 138 valence electrons. The van der Waals surface area contributed by atoms with Gasteiger partial charge in [-0.25, -0.2) is 0 Å². The number of thiocarbonyl (C=S) groups is 1. The summed E-state index contributed by atoms with van der Waals surface area (Å²) in [7, 11) is 0. The molecule has 2 N–H and O–H groups in total. The maximum absolute atomic E-state index is 12.3. The summed E-state index contributed by atoms with van der Waals surface area (Å²) in [4.78, 5) is 12.3. The lowest BCUT2D eigenvalue weighted by Crippen LogP contribution is -2.47. The maximum Gasteiger partial charge on any atom is 0.263 e. The minimum Gasteiger partial charge on any atom is -0.478 e. The summed E-state index contributed by atoms with van der Waals surface area (Å²) >= 11 is 10.9. The van der Waals surface area contributed by atoms with E-state index in [1.165, 1.54) is 0 Å². The second-order valence-corrected chi connectivity index (χ2v) is 6.76. The van der Waals surface area contributed by atoms with Crippen molar-refractivity contribution in [1.29, 1.82) is 0 Å². The standard InChI is InChI=1S/C19H21ClN2O3S/c1-19(2,25-16-10-8-14(20)9-11-16)17(23)21-12-13-24-18(26)22-15-6-4-3-5-7-15/h3-11H,12-13H2,1-2H3,(H,21,23)(H,22,26). The number of ether oxygens (including phenoxy) is 2. The first-order chi connectivity index (χ1) is 12.4. The Kier molecular flexibility index (Phi) is 7.24. The van der Waals surface area contributed by atoms with Crippen LogP contribution in [0.2, 0.25) is 5.02 Å². The molecule has 0 aromatic heterocycles. The third kappa shape index (κ3) is 6.54. The molecule has 0 atom stereocenters. The number of para-hydroxylation sites is 1. The van der Waals surface area contributed by atoms with E-state index in [1.807, 2.05) is 30.3 Å². The van der Waals surface area contributed by atoms with E-state index >= 15 is 0 Å². The van der Waals surface area contributed by atoms with Crippen LogP contribution in [-0.4, -0.2) is 29.8 Å². The average Bonchev–Trinajstić information content (AvgIpc) is 2.61. The number of carbonyl (C=O) groups excluding carboxylic acids is 1. The largest absolute Gasteiger partial charge is 0.478 e. The summed E-state index contributed by atoms with van der Waals surface area (Å²) in [6.07, 6.45) is 0. The molecule has 0 heterocycles. The molecule has 2 aromatic rings. The molecule has 26 heavy (non-hydrogen) atoms. The number of hydrogen-bond acceptors (Lipinski definition) is 4. The van der Waals surface area contributed by atoms with E-state index < -0.39 is 5.60 Å². The molecular weight excluding hydrogens is 372 g/mol. The first kappa shape index (κ1) is 20.0. The van der Waals surface area contributed by atoms with Crippen LogP contribution in [0.4, 0.5) is 5.69 Å². The fourth-order valence-electron chi connectivity index (χ4n) is 2.04. The second-order valence-electron chi connectivity index (χ2n) is 5.95. The Morgan fingerprint density at radius 1 is 1.12 bits per heavy atom. The van der Waals surface area contributed by atoms with Crippen LogP contribution in [0.3, 0.4) is 0 Å². The lowest BCUT2D eigenvalue weighted by Gasteiger charge is -2.25. The highest BCUT2D eigenvalue weighted by atomic mass is 35.5. The molecule has 2 aromatic carbocycles. The molecule has 0 spiro atoms. The normalized spacial score (nSPS) is 10.7. The Morgan fingerprint density at radius 2 is 1.77 bits per heavy atom. The number of nitrogens with one attached hydrogen (secondary N) is 2. The molecule has 0 unspecified atom stereocenters. The van der Waals surface area contributed by atoms with Gasteiger partial charge in [-0.1, -0.05) is 29.8 Å². The van der Waals surface area contributed by atoms with Crippen molar-refractivity contribution >= 4 is 40.6 Å². The van der Waals surface area contributed by atoms with Gasteiger partial charge in [-0.05, 0) is 62.5 Å². The zero-order valence-electron chi connectivity index (χ0n) is 14.6. The van der Waals surface area contributed by atoms with Gasteiger partial charge in [-0.3, -0.25) is 4.79 Å². The minimum absolute atomic E-state index is 0.251. The highest BCUT2D eigenvalue weighted by Crippen LogP contribution is 2.20. The molecule has 0 aliphatic rings. The van der Waals surface area contributed by atoms with Crippen LogP contribution in [0, 0.1) is 0 Å². The van der Waals surface area contributed by atoms with E-state index in [4.69, 9.17) is 33.3 Å². The molecule has 0 fully saturated rings. The summed E-state index contributed by atoms with van der Waals surface area (Å²) in [5.74, 6) is 0.317. The Labute approximate surface area is 163 Å². The Balaban J connectivity index is 1.71. The summed E-state index contributed by atoms with van der Waals surface area (Å²) in [5.41, 5.74) is -0.185. The van der Waals surface area contributed by atoms with Crippen molar-refractivity contribution in [2.45, 2.75) is 19.4 Å². The Morgan fingerprint density at radius 3 is 2.42 bits per heavy atom. The second kappa shape index (κ2) is 9.40. The maximum atomic E-state index is 12.3. The van der Waals surface area contributed by atoms with E-state index in [1.54, 1.807) is 38.1 Å². The third-order valence-corrected chi connectivity index (χ3v) is 3.85. The molecule has 0 aliphatic carbocycles. The van der Waals surface area contributed by atoms with Crippen molar-refractivity contribution in [3.63, 3.8) is 0 Å². The quantitative estimate of drug-likeness (QED) is 0.550. The number of anilines is 1. The number of carbonyl (C=O) groups is 1. The number of rotatable bonds is 7. The topological polar surface area (TPSA) is 59.6 Å². The number of amides is 1. The summed E-state index contributed by atoms with van der Waals surface area (Å²) in [6, 6.07) is 16.3. The fraction of sp³-hybridized carbons (Fsp3) is 0.263. The van der Waals surface area contributed by atoms with Crippen molar-refractivity contribution in [3.05, 3.63) is 59.6 Å². The predicted octanol–water partition coefficient (Wildman–Crippen LogP) is 4.03. The average molecular weight is 393 g/mol. The molecular formula is C19H21ClN2O3S. The van der Waals surface area contributed by atoms with Crippen molar-refractivity contribution in [1.82, 2.24) is 5.32 Å². The predicted molar refractivity (Wildman–Crippen MR) is 108 cm³/mol. The molecule has 0 bridgehead atoms. The van der Waals surface area contributed by atoms with Gasteiger partial charge in [-0.15, -0.1) is 0 Å². The van der Waals surface area contributed by atoms with Gasteiger partial charge in [0.2, 0.25) is 0 Å². The lowest BCUT2D eigenvalue weighted by atomic mass is 10.1. The van der Waals surface area contributed by atoms with Gasteiger partial charge in [0.1, 0.15) is 12.4 Å². The SMILES string of the molecule is CC(C)(Oc1ccc(Cl)cc1)C(=O)NCCOC(=S)Nc1ccccc1. The van der Waals surface area contributed by atoms with Crippen LogP contribution in [0.1, 0.15) is 13.8 Å². The van der Waals surface area contributed by atoms with Crippen LogP contribution in [0.15, 0.2) is 54.6 Å². The molecule has 5 nitrogen and oxygen atoms in total. The van der Waals surface area contributed by atoms with Crippen molar-refractivity contribution < 1.29 is 14.3 Å². The highest BCUT2D eigenvalue weighted by Gasteiger charge is 2.29. The Hall–Kier alpha value is -2.31. The first-order valence-electron chi connectivity index (χ1n) is 8.08. The van der Waals surface area contributed by atoms with Gasteiger partial charge in [0.05, 0.1) is 6.54 Å². The first-order valence-corrected chi connectivity index (χ1v) is 8.87. The molecule has 0 saturated heterocycles. The summed E-state index contributed by atoms with van der Waals surface area (Å²) < 4.78 is 11.1.